The molecule has 5 nitrogen and oxygen atoms in total. The van der Waals surface area contributed by atoms with Gasteiger partial charge in [0.2, 0.25) is 11.8 Å². The number of hydrogen-bond donors (Lipinski definition) is 2. The van der Waals surface area contributed by atoms with Crippen molar-refractivity contribution in [1.82, 2.24) is 15.5 Å². The molecule has 2 saturated heterocycles. The summed E-state index contributed by atoms with van der Waals surface area (Å²) in [6.07, 6.45) is 3.24. The van der Waals surface area contributed by atoms with Gasteiger partial charge in [-0.05, 0) is 44.7 Å². The standard InChI is InChI=1S/C13H21N3O2/c1-9-11(17)15-6-7-16(9)12(18)10-8-13(10)2-4-14-5-3-13/h9-10,14H,2-8H2,1H3,(H,15,17). The molecule has 1 aliphatic carbocycles. The zero-order chi connectivity index (χ0) is 12.8. The molecule has 18 heavy (non-hydrogen) atoms. The molecule has 2 aliphatic heterocycles. The summed E-state index contributed by atoms with van der Waals surface area (Å²) in [5.74, 6) is 0.363. The Labute approximate surface area is 107 Å². The minimum atomic E-state index is -0.300. The van der Waals surface area contributed by atoms with Gasteiger partial charge in [0.15, 0.2) is 0 Å². The van der Waals surface area contributed by atoms with Crippen LogP contribution in [0.2, 0.25) is 0 Å². The molecule has 2 heterocycles. The van der Waals surface area contributed by atoms with E-state index < -0.39 is 0 Å². The maximum atomic E-state index is 12.5. The number of carbonyl (C=O) groups is 2. The molecular weight excluding hydrogens is 230 g/mol. The molecular formula is C13H21N3O2. The number of nitrogens with one attached hydrogen (secondary N) is 2. The SMILES string of the molecule is CC1C(=O)NCCN1C(=O)C1CC12CCNCC2. The van der Waals surface area contributed by atoms with E-state index >= 15 is 0 Å². The zero-order valence-corrected chi connectivity index (χ0v) is 10.9. The van der Waals surface area contributed by atoms with Crippen LogP contribution in [-0.2, 0) is 9.59 Å². The fourth-order valence-corrected chi connectivity index (χ4v) is 3.46. The van der Waals surface area contributed by atoms with Crippen molar-refractivity contribution in [2.45, 2.75) is 32.2 Å². The van der Waals surface area contributed by atoms with Gasteiger partial charge in [0.1, 0.15) is 6.04 Å². The molecule has 3 fully saturated rings. The molecule has 2 amide bonds. The van der Waals surface area contributed by atoms with Crippen LogP contribution in [0.3, 0.4) is 0 Å². The Bertz CT molecular complexity index is 376. The van der Waals surface area contributed by atoms with Gasteiger partial charge < -0.3 is 15.5 Å². The van der Waals surface area contributed by atoms with Crippen molar-refractivity contribution >= 4 is 11.8 Å². The van der Waals surface area contributed by atoms with Gasteiger partial charge in [0.05, 0.1) is 0 Å². The van der Waals surface area contributed by atoms with Crippen molar-refractivity contribution in [3.63, 3.8) is 0 Å². The Hall–Kier alpha value is -1.10. The molecule has 5 heteroatoms. The van der Waals surface area contributed by atoms with Gasteiger partial charge in [0, 0.05) is 19.0 Å². The lowest BCUT2D eigenvalue weighted by molar-refractivity contribution is -0.144. The van der Waals surface area contributed by atoms with Crippen LogP contribution in [0.1, 0.15) is 26.2 Å². The Morgan fingerprint density at radius 3 is 2.78 bits per heavy atom. The number of hydrogen-bond acceptors (Lipinski definition) is 3. The van der Waals surface area contributed by atoms with Crippen LogP contribution >= 0.6 is 0 Å². The van der Waals surface area contributed by atoms with E-state index in [0.717, 1.165) is 32.4 Å². The third-order valence-electron chi connectivity index (χ3n) is 4.87. The summed E-state index contributed by atoms with van der Waals surface area (Å²) in [5.41, 5.74) is 0.260. The number of rotatable bonds is 1. The van der Waals surface area contributed by atoms with Crippen LogP contribution in [0.5, 0.6) is 0 Å². The van der Waals surface area contributed by atoms with Gasteiger partial charge in [0.25, 0.3) is 0 Å². The van der Waals surface area contributed by atoms with Gasteiger partial charge in [-0.15, -0.1) is 0 Å². The molecule has 1 spiro atoms. The van der Waals surface area contributed by atoms with Crippen molar-refractivity contribution in [2.75, 3.05) is 26.2 Å². The van der Waals surface area contributed by atoms with E-state index in [2.05, 4.69) is 10.6 Å². The smallest absolute Gasteiger partial charge is 0.242 e. The number of carbonyl (C=O) groups excluding carboxylic acids is 2. The van der Waals surface area contributed by atoms with Crippen molar-refractivity contribution in [1.29, 1.82) is 0 Å². The summed E-state index contributed by atoms with van der Waals surface area (Å²) in [7, 11) is 0. The van der Waals surface area contributed by atoms with E-state index in [0.29, 0.717) is 13.1 Å². The summed E-state index contributed by atoms with van der Waals surface area (Å²) >= 11 is 0. The molecule has 2 unspecified atom stereocenters. The molecule has 0 aromatic carbocycles. The molecule has 0 aromatic heterocycles. The first-order valence-corrected chi connectivity index (χ1v) is 6.93. The first kappa shape index (κ1) is 12.0. The first-order chi connectivity index (χ1) is 8.64. The molecule has 1 saturated carbocycles. The molecule has 3 rings (SSSR count). The summed E-state index contributed by atoms with van der Waals surface area (Å²) in [6.45, 7) is 5.14. The molecule has 3 aliphatic rings. The number of piperazine rings is 1. The molecule has 0 aromatic rings. The Morgan fingerprint density at radius 1 is 1.33 bits per heavy atom. The molecule has 0 radical (unpaired) electrons. The molecule has 0 bridgehead atoms. The fraction of sp³-hybridized carbons (Fsp3) is 0.846. The Morgan fingerprint density at radius 2 is 2.06 bits per heavy atom. The second-order valence-corrected chi connectivity index (χ2v) is 5.87. The minimum absolute atomic E-state index is 0.0189. The van der Waals surface area contributed by atoms with Gasteiger partial charge in [-0.25, -0.2) is 0 Å². The van der Waals surface area contributed by atoms with Gasteiger partial charge in [-0.2, -0.15) is 0 Å². The third kappa shape index (κ3) is 1.81. The Balaban J connectivity index is 1.67. The van der Waals surface area contributed by atoms with Crippen LogP contribution in [-0.4, -0.2) is 48.9 Å². The van der Waals surface area contributed by atoms with Crippen LogP contribution in [0.25, 0.3) is 0 Å². The second kappa shape index (κ2) is 4.23. The second-order valence-electron chi connectivity index (χ2n) is 5.87. The van der Waals surface area contributed by atoms with Crippen molar-refractivity contribution in [3.05, 3.63) is 0 Å². The zero-order valence-electron chi connectivity index (χ0n) is 10.9. The molecule has 2 atom stereocenters. The number of amides is 2. The van der Waals surface area contributed by atoms with E-state index in [1.165, 1.54) is 0 Å². The third-order valence-corrected chi connectivity index (χ3v) is 4.87. The van der Waals surface area contributed by atoms with Gasteiger partial charge in [-0.1, -0.05) is 0 Å². The monoisotopic (exact) mass is 251 g/mol. The predicted molar refractivity (Wildman–Crippen MR) is 66.8 cm³/mol. The van der Waals surface area contributed by atoms with E-state index in [4.69, 9.17) is 0 Å². The lowest BCUT2D eigenvalue weighted by Gasteiger charge is -2.34. The Kier molecular flexibility index (Phi) is 2.81. The molecule has 2 N–H and O–H groups in total. The maximum absolute atomic E-state index is 12.5. The number of piperidine rings is 1. The summed E-state index contributed by atoms with van der Waals surface area (Å²) in [4.78, 5) is 25.9. The maximum Gasteiger partial charge on any atom is 0.242 e. The fourth-order valence-electron chi connectivity index (χ4n) is 3.46. The van der Waals surface area contributed by atoms with Gasteiger partial charge >= 0.3 is 0 Å². The topological polar surface area (TPSA) is 61.4 Å². The average Bonchev–Trinajstić information content (AvgIpc) is 3.06. The highest BCUT2D eigenvalue weighted by Gasteiger charge is 2.59. The van der Waals surface area contributed by atoms with Crippen molar-refractivity contribution in [2.24, 2.45) is 11.3 Å². The van der Waals surface area contributed by atoms with Crippen LogP contribution in [0.15, 0.2) is 0 Å². The largest absolute Gasteiger partial charge is 0.353 e. The summed E-state index contributed by atoms with van der Waals surface area (Å²) in [6, 6.07) is -0.300. The number of nitrogens with zero attached hydrogens (tertiary/aromatic N) is 1. The molecule has 100 valence electrons. The van der Waals surface area contributed by atoms with Gasteiger partial charge in [-0.3, -0.25) is 9.59 Å². The lowest BCUT2D eigenvalue weighted by Crippen LogP contribution is -2.56. The summed E-state index contributed by atoms with van der Waals surface area (Å²) in [5, 5.41) is 6.15. The highest BCUT2D eigenvalue weighted by molar-refractivity contribution is 5.90. The highest BCUT2D eigenvalue weighted by Crippen LogP contribution is 2.59. The van der Waals surface area contributed by atoms with E-state index in [1.54, 1.807) is 4.90 Å². The van der Waals surface area contributed by atoms with Crippen LogP contribution < -0.4 is 10.6 Å². The predicted octanol–water partition coefficient (Wildman–Crippen LogP) is -0.277. The van der Waals surface area contributed by atoms with E-state index in [9.17, 15) is 9.59 Å². The van der Waals surface area contributed by atoms with E-state index in [1.807, 2.05) is 6.92 Å². The van der Waals surface area contributed by atoms with Crippen molar-refractivity contribution < 1.29 is 9.59 Å². The summed E-state index contributed by atoms with van der Waals surface area (Å²) < 4.78 is 0. The lowest BCUT2D eigenvalue weighted by atomic mass is 9.91. The quantitative estimate of drug-likeness (QED) is 0.674. The van der Waals surface area contributed by atoms with Crippen molar-refractivity contribution in [3.8, 4) is 0 Å². The van der Waals surface area contributed by atoms with Crippen LogP contribution in [0, 0.1) is 11.3 Å². The van der Waals surface area contributed by atoms with E-state index in [-0.39, 0.29) is 29.2 Å². The minimum Gasteiger partial charge on any atom is -0.353 e. The highest BCUT2D eigenvalue weighted by atomic mass is 16.2. The average molecular weight is 251 g/mol. The van der Waals surface area contributed by atoms with Crippen LogP contribution in [0.4, 0.5) is 0 Å². The first-order valence-electron chi connectivity index (χ1n) is 6.93. The normalized spacial score (nSPS) is 34.3.